The maximum absolute atomic E-state index is 9.03. The van der Waals surface area contributed by atoms with E-state index >= 15 is 0 Å². The molecule has 0 aromatic carbocycles. The van der Waals surface area contributed by atoms with E-state index in [1.165, 1.54) is 0 Å². The van der Waals surface area contributed by atoms with Gasteiger partial charge in [-0.3, -0.25) is 0 Å². The van der Waals surface area contributed by atoms with Gasteiger partial charge in [-0.05, 0) is 6.92 Å². The molecule has 60 valence electrons. The van der Waals surface area contributed by atoms with Crippen LogP contribution in [-0.4, -0.2) is 39.9 Å². The first kappa shape index (κ1) is 7.94. The lowest BCUT2D eigenvalue weighted by atomic mass is 10.0. The third-order valence-corrected chi connectivity index (χ3v) is 1.63. The van der Waals surface area contributed by atoms with E-state index in [4.69, 9.17) is 20.1 Å². The molecule has 0 spiro atoms. The summed E-state index contributed by atoms with van der Waals surface area (Å²) in [6.45, 7) is 1.73. The summed E-state index contributed by atoms with van der Waals surface area (Å²) in [5, 5.41) is 26.9. The lowest BCUT2D eigenvalue weighted by Crippen LogP contribution is -2.47. The van der Waals surface area contributed by atoms with Crippen molar-refractivity contribution in [2.24, 2.45) is 0 Å². The van der Waals surface area contributed by atoms with Gasteiger partial charge in [-0.15, -0.1) is 0 Å². The molecule has 1 heterocycles. The fourth-order valence-corrected chi connectivity index (χ4v) is 1.04. The van der Waals surface area contributed by atoms with Crippen LogP contribution in [0.4, 0.5) is 0 Å². The van der Waals surface area contributed by atoms with Crippen LogP contribution in [0.25, 0.3) is 0 Å². The third kappa shape index (κ3) is 1.46. The van der Waals surface area contributed by atoms with Gasteiger partial charge in [0.15, 0.2) is 6.29 Å². The van der Waals surface area contributed by atoms with Crippen molar-refractivity contribution < 1.29 is 20.1 Å². The van der Waals surface area contributed by atoms with Crippen LogP contribution in [0.2, 0.25) is 0 Å². The monoisotopic (exact) mass is 148 g/mol. The number of hydrogen-bond donors (Lipinski definition) is 3. The van der Waals surface area contributed by atoms with Gasteiger partial charge in [-0.2, -0.15) is 0 Å². The molecule has 4 atom stereocenters. The van der Waals surface area contributed by atoms with Crippen LogP contribution in [0.3, 0.4) is 0 Å². The first-order chi connectivity index (χ1) is 4.61. The van der Waals surface area contributed by atoms with Crippen molar-refractivity contribution in [2.45, 2.75) is 37.9 Å². The smallest absolute Gasteiger partial charge is 0.183 e. The largest absolute Gasteiger partial charge is 0.390 e. The molecule has 0 amide bonds. The highest BCUT2D eigenvalue weighted by atomic mass is 16.6. The Morgan fingerprint density at radius 2 is 1.90 bits per heavy atom. The van der Waals surface area contributed by atoms with Crippen LogP contribution in [0.5, 0.6) is 0 Å². The van der Waals surface area contributed by atoms with Crippen molar-refractivity contribution in [1.29, 1.82) is 0 Å². The van der Waals surface area contributed by atoms with Crippen molar-refractivity contribution in [1.82, 2.24) is 0 Å². The van der Waals surface area contributed by atoms with E-state index in [0.29, 0.717) is 6.42 Å². The van der Waals surface area contributed by atoms with Crippen molar-refractivity contribution in [3.8, 4) is 0 Å². The van der Waals surface area contributed by atoms with E-state index in [1.54, 1.807) is 6.92 Å². The summed E-state index contributed by atoms with van der Waals surface area (Å²) in [7, 11) is 0. The van der Waals surface area contributed by atoms with Crippen LogP contribution in [0.1, 0.15) is 13.3 Å². The second kappa shape index (κ2) is 2.84. The van der Waals surface area contributed by atoms with Gasteiger partial charge in [0.05, 0.1) is 12.2 Å². The summed E-state index contributed by atoms with van der Waals surface area (Å²) < 4.78 is 4.81. The molecule has 0 saturated carbocycles. The average molecular weight is 148 g/mol. The Labute approximate surface area is 59.1 Å². The molecule has 0 aromatic rings. The second-order valence-electron chi connectivity index (χ2n) is 2.63. The van der Waals surface area contributed by atoms with Crippen LogP contribution < -0.4 is 0 Å². The van der Waals surface area contributed by atoms with Gasteiger partial charge < -0.3 is 20.1 Å². The first-order valence-corrected chi connectivity index (χ1v) is 3.31. The van der Waals surface area contributed by atoms with Crippen LogP contribution >= 0.6 is 0 Å². The molecule has 0 radical (unpaired) electrons. The highest BCUT2D eigenvalue weighted by Gasteiger charge is 2.33. The number of aliphatic hydroxyl groups excluding tert-OH is 3. The zero-order chi connectivity index (χ0) is 7.72. The van der Waals surface area contributed by atoms with Gasteiger partial charge in [-0.25, -0.2) is 0 Å². The molecule has 3 N–H and O–H groups in total. The predicted octanol–water partition coefficient (Wildman–Crippen LogP) is -1.16. The lowest BCUT2D eigenvalue weighted by Gasteiger charge is -2.32. The topological polar surface area (TPSA) is 69.9 Å². The van der Waals surface area contributed by atoms with Gasteiger partial charge >= 0.3 is 0 Å². The number of aliphatic hydroxyl groups is 3. The minimum absolute atomic E-state index is 0.187. The third-order valence-electron chi connectivity index (χ3n) is 1.63. The zero-order valence-corrected chi connectivity index (χ0v) is 5.77. The summed E-state index contributed by atoms with van der Waals surface area (Å²) in [6, 6.07) is 0. The fraction of sp³-hybridized carbons (Fsp3) is 1.00. The Kier molecular flexibility index (Phi) is 2.25. The van der Waals surface area contributed by atoms with E-state index in [0.717, 1.165) is 0 Å². The Hall–Kier alpha value is -0.160. The maximum Gasteiger partial charge on any atom is 0.183 e. The minimum Gasteiger partial charge on any atom is -0.390 e. The second-order valence-corrected chi connectivity index (χ2v) is 2.63. The van der Waals surface area contributed by atoms with Crippen molar-refractivity contribution >= 4 is 0 Å². The molecular weight excluding hydrogens is 136 g/mol. The summed E-state index contributed by atoms with van der Waals surface area (Å²) in [4.78, 5) is 0. The van der Waals surface area contributed by atoms with Crippen molar-refractivity contribution in [2.75, 3.05) is 0 Å². The molecule has 4 heteroatoms. The Bertz CT molecular complexity index is 104. The first-order valence-electron chi connectivity index (χ1n) is 3.31. The molecule has 1 rings (SSSR count). The summed E-state index contributed by atoms with van der Waals surface area (Å²) in [5.41, 5.74) is 0. The summed E-state index contributed by atoms with van der Waals surface area (Å²) >= 11 is 0. The molecule has 0 aliphatic carbocycles. The van der Waals surface area contributed by atoms with E-state index in [1.807, 2.05) is 0 Å². The number of ether oxygens (including phenoxy) is 1. The molecule has 1 aliphatic rings. The van der Waals surface area contributed by atoms with Gasteiger partial charge in [-0.1, -0.05) is 0 Å². The van der Waals surface area contributed by atoms with Crippen LogP contribution in [-0.2, 0) is 4.74 Å². The zero-order valence-electron chi connectivity index (χ0n) is 5.77. The molecular formula is C6H12O4. The number of rotatable bonds is 0. The summed E-state index contributed by atoms with van der Waals surface area (Å²) in [5.74, 6) is 0. The van der Waals surface area contributed by atoms with E-state index < -0.39 is 18.5 Å². The quantitative estimate of drug-likeness (QED) is 0.405. The summed E-state index contributed by atoms with van der Waals surface area (Å²) in [6.07, 6.45) is -3.07. The predicted molar refractivity (Wildman–Crippen MR) is 33.2 cm³/mol. The van der Waals surface area contributed by atoms with E-state index in [-0.39, 0.29) is 6.10 Å². The standard InChI is InChI=1S/C6H12O4/c1-3-2-4(7)5(8)6(9)10-3/h3-9H,2H2,1H3/t3-,4-,5+,6?/m0/s1. The van der Waals surface area contributed by atoms with Gasteiger partial charge in [0.25, 0.3) is 0 Å². The molecule has 0 aromatic heterocycles. The SMILES string of the molecule is C[C@H]1C[C@H](O)[C@@H](O)C(O)O1. The Balaban J connectivity index is 2.49. The van der Waals surface area contributed by atoms with E-state index in [9.17, 15) is 0 Å². The van der Waals surface area contributed by atoms with Crippen molar-refractivity contribution in [3.05, 3.63) is 0 Å². The molecule has 4 nitrogen and oxygen atoms in total. The lowest BCUT2D eigenvalue weighted by molar-refractivity contribution is -0.242. The molecule has 1 unspecified atom stereocenters. The molecule has 10 heavy (non-hydrogen) atoms. The van der Waals surface area contributed by atoms with E-state index in [2.05, 4.69) is 0 Å². The minimum atomic E-state index is -1.24. The van der Waals surface area contributed by atoms with Crippen LogP contribution in [0, 0.1) is 0 Å². The molecule has 1 aliphatic heterocycles. The number of hydrogen-bond acceptors (Lipinski definition) is 4. The Morgan fingerprint density at radius 1 is 1.30 bits per heavy atom. The van der Waals surface area contributed by atoms with Gasteiger partial charge in [0, 0.05) is 6.42 Å². The fourth-order valence-electron chi connectivity index (χ4n) is 1.04. The van der Waals surface area contributed by atoms with Crippen LogP contribution in [0.15, 0.2) is 0 Å². The maximum atomic E-state index is 9.03. The molecule has 0 bridgehead atoms. The highest BCUT2D eigenvalue weighted by molar-refractivity contribution is 4.77. The normalized spacial score (nSPS) is 49.2. The average Bonchev–Trinajstić information content (AvgIpc) is 1.82. The van der Waals surface area contributed by atoms with Crippen molar-refractivity contribution in [3.63, 3.8) is 0 Å². The Morgan fingerprint density at radius 3 is 2.40 bits per heavy atom. The van der Waals surface area contributed by atoms with Gasteiger partial charge in [0.2, 0.25) is 0 Å². The molecule has 1 saturated heterocycles. The highest BCUT2D eigenvalue weighted by Crippen LogP contribution is 2.17. The molecule has 1 fully saturated rings. The van der Waals surface area contributed by atoms with Gasteiger partial charge in [0.1, 0.15) is 6.10 Å².